The van der Waals surface area contributed by atoms with Crippen molar-refractivity contribution in [2.75, 3.05) is 11.9 Å². The Labute approximate surface area is 134 Å². The van der Waals surface area contributed by atoms with Gasteiger partial charge in [-0.05, 0) is 23.0 Å². The first-order valence-corrected chi connectivity index (χ1v) is 7.16. The second kappa shape index (κ2) is 7.80. The molecule has 0 spiro atoms. The highest BCUT2D eigenvalue weighted by Gasteiger charge is 2.14. The van der Waals surface area contributed by atoms with Gasteiger partial charge in [-0.3, -0.25) is 20.2 Å². The third-order valence-electron chi connectivity index (χ3n) is 2.48. The summed E-state index contributed by atoms with van der Waals surface area (Å²) in [5.74, 6) is -1.30. The Morgan fingerprint density at radius 3 is 2.74 bits per heavy atom. The van der Waals surface area contributed by atoms with Crippen LogP contribution in [0.15, 0.2) is 42.6 Å². The molecule has 1 heterocycles. The topological polar surface area (TPSA) is 111 Å². The molecule has 8 nitrogen and oxygen atoms in total. The van der Waals surface area contributed by atoms with Gasteiger partial charge in [0.25, 0.3) is 5.91 Å². The van der Waals surface area contributed by atoms with Crippen molar-refractivity contribution in [3.05, 3.63) is 58.3 Å². The van der Waals surface area contributed by atoms with Crippen LogP contribution >= 0.6 is 11.3 Å². The van der Waals surface area contributed by atoms with Gasteiger partial charge in [0, 0.05) is 6.08 Å². The van der Waals surface area contributed by atoms with Crippen LogP contribution in [-0.4, -0.2) is 28.4 Å². The molecule has 23 heavy (non-hydrogen) atoms. The van der Waals surface area contributed by atoms with E-state index in [1.807, 2.05) is 30.3 Å². The van der Waals surface area contributed by atoms with Crippen molar-refractivity contribution in [1.82, 2.24) is 4.98 Å². The van der Waals surface area contributed by atoms with Crippen LogP contribution in [0.3, 0.4) is 0 Å². The van der Waals surface area contributed by atoms with E-state index in [1.54, 1.807) is 6.08 Å². The summed E-state index contributed by atoms with van der Waals surface area (Å²) in [5.41, 5.74) is 0.823. The van der Waals surface area contributed by atoms with Crippen molar-refractivity contribution in [2.24, 2.45) is 0 Å². The van der Waals surface area contributed by atoms with Gasteiger partial charge in [-0.25, -0.2) is 9.78 Å². The van der Waals surface area contributed by atoms with Crippen LogP contribution in [0.25, 0.3) is 6.08 Å². The van der Waals surface area contributed by atoms with Gasteiger partial charge >= 0.3 is 11.0 Å². The number of anilines is 1. The standard InChI is InChI=1S/C14H11N3O5S/c18-11(16-14-15-8-12(23-14)17(20)21)9-22-13(19)7-6-10-4-2-1-3-5-10/h1-8H,9H2,(H,15,16,18). The van der Waals surface area contributed by atoms with Crippen molar-refractivity contribution in [1.29, 1.82) is 0 Å². The number of rotatable bonds is 6. The fourth-order valence-corrected chi connectivity index (χ4v) is 2.12. The van der Waals surface area contributed by atoms with Crippen LogP contribution in [0, 0.1) is 10.1 Å². The molecule has 0 aliphatic heterocycles. The fourth-order valence-electron chi connectivity index (χ4n) is 1.48. The summed E-state index contributed by atoms with van der Waals surface area (Å²) in [6.45, 7) is -0.509. The monoisotopic (exact) mass is 333 g/mol. The number of nitrogens with one attached hydrogen (secondary N) is 1. The molecule has 2 aromatic rings. The van der Waals surface area contributed by atoms with E-state index in [-0.39, 0.29) is 10.1 Å². The first-order chi connectivity index (χ1) is 11.0. The summed E-state index contributed by atoms with van der Waals surface area (Å²) < 4.78 is 4.76. The van der Waals surface area contributed by atoms with E-state index >= 15 is 0 Å². The van der Waals surface area contributed by atoms with Crippen LogP contribution in [-0.2, 0) is 14.3 Å². The molecule has 0 saturated heterocycles. The minimum Gasteiger partial charge on any atom is -0.452 e. The van der Waals surface area contributed by atoms with E-state index < -0.39 is 23.4 Å². The molecule has 0 saturated carbocycles. The maximum atomic E-state index is 11.6. The van der Waals surface area contributed by atoms with Crippen LogP contribution in [0.5, 0.6) is 0 Å². The lowest BCUT2D eigenvalue weighted by Gasteiger charge is -2.01. The van der Waals surface area contributed by atoms with Crippen LogP contribution in [0.4, 0.5) is 10.1 Å². The molecule has 1 N–H and O–H groups in total. The minimum atomic E-state index is -0.672. The quantitative estimate of drug-likeness (QED) is 0.375. The van der Waals surface area contributed by atoms with Crippen LogP contribution in [0.2, 0.25) is 0 Å². The molecule has 9 heteroatoms. The highest BCUT2D eigenvalue weighted by atomic mass is 32.1. The number of benzene rings is 1. The number of thiazole rings is 1. The Morgan fingerprint density at radius 2 is 2.09 bits per heavy atom. The van der Waals surface area contributed by atoms with Gasteiger partial charge in [-0.15, -0.1) is 0 Å². The maximum Gasteiger partial charge on any atom is 0.345 e. The van der Waals surface area contributed by atoms with Gasteiger partial charge < -0.3 is 4.74 Å². The SMILES string of the molecule is O=C(COC(=O)C=Cc1ccccc1)Nc1ncc([N+](=O)[O-])s1. The highest BCUT2D eigenvalue weighted by Crippen LogP contribution is 2.24. The smallest absolute Gasteiger partial charge is 0.345 e. The van der Waals surface area contributed by atoms with Crippen molar-refractivity contribution in [3.8, 4) is 0 Å². The van der Waals surface area contributed by atoms with Crippen molar-refractivity contribution in [2.45, 2.75) is 0 Å². The lowest BCUT2D eigenvalue weighted by Crippen LogP contribution is -2.19. The summed E-state index contributed by atoms with van der Waals surface area (Å²) in [7, 11) is 0. The molecular formula is C14H11N3O5S. The molecule has 0 aliphatic rings. The number of ether oxygens (including phenoxy) is 1. The molecule has 0 unspecified atom stereocenters. The molecular weight excluding hydrogens is 322 g/mol. The largest absolute Gasteiger partial charge is 0.452 e. The number of aromatic nitrogens is 1. The lowest BCUT2D eigenvalue weighted by atomic mass is 10.2. The second-order valence-electron chi connectivity index (χ2n) is 4.16. The predicted molar refractivity (Wildman–Crippen MR) is 83.8 cm³/mol. The first kappa shape index (κ1) is 16.3. The van der Waals surface area contributed by atoms with Gasteiger partial charge in [0.2, 0.25) is 0 Å². The van der Waals surface area contributed by atoms with Crippen molar-refractivity contribution < 1.29 is 19.2 Å². The van der Waals surface area contributed by atoms with E-state index in [0.29, 0.717) is 11.3 Å². The Morgan fingerprint density at radius 1 is 1.35 bits per heavy atom. The number of carbonyl (C=O) groups excluding carboxylic acids is 2. The zero-order valence-corrected chi connectivity index (χ0v) is 12.5. The normalized spacial score (nSPS) is 10.4. The summed E-state index contributed by atoms with van der Waals surface area (Å²) in [5, 5.41) is 12.7. The maximum absolute atomic E-state index is 11.6. The van der Waals surface area contributed by atoms with E-state index in [0.717, 1.165) is 11.8 Å². The molecule has 0 aliphatic carbocycles. The Bertz CT molecular complexity index is 742. The molecule has 0 radical (unpaired) electrons. The molecule has 2 rings (SSSR count). The van der Waals surface area contributed by atoms with Gasteiger partial charge in [0.15, 0.2) is 11.7 Å². The zero-order valence-electron chi connectivity index (χ0n) is 11.7. The third kappa shape index (κ3) is 5.32. The molecule has 1 aromatic heterocycles. The number of nitro groups is 1. The Balaban J connectivity index is 1.78. The summed E-state index contributed by atoms with van der Waals surface area (Å²) >= 11 is 0.715. The highest BCUT2D eigenvalue weighted by molar-refractivity contribution is 7.18. The summed E-state index contributed by atoms with van der Waals surface area (Å²) in [6, 6.07) is 9.12. The van der Waals surface area contributed by atoms with Crippen molar-refractivity contribution in [3.63, 3.8) is 0 Å². The lowest BCUT2D eigenvalue weighted by molar-refractivity contribution is -0.380. The van der Waals surface area contributed by atoms with Crippen LogP contribution in [0.1, 0.15) is 5.56 Å². The summed E-state index contributed by atoms with van der Waals surface area (Å²) in [4.78, 5) is 36.6. The minimum absolute atomic E-state index is 0.0672. The van der Waals surface area contributed by atoms with Gasteiger partial charge in [0.05, 0.1) is 4.92 Å². The number of nitrogens with zero attached hydrogens (tertiary/aromatic N) is 2. The predicted octanol–water partition coefficient (Wildman–Crippen LogP) is 2.25. The van der Waals surface area contributed by atoms with E-state index in [4.69, 9.17) is 4.74 Å². The average Bonchev–Trinajstić information content (AvgIpc) is 3.00. The Hall–Kier alpha value is -3.07. The van der Waals surface area contributed by atoms with Gasteiger partial charge in [0.1, 0.15) is 6.20 Å². The average molecular weight is 333 g/mol. The third-order valence-corrected chi connectivity index (χ3v) is 3.34. The number of carbonyl (C=O) groups is 2. The molecule has 0 atom stereocenters. The molecule has 1 aromatic carbocycles. The molecule has 118 valence electrons. The number of hydrogen-bond donors (Lipinski definition) is 1. The molecule has 0 fully saturated rings. The van der Waals surface area contributed by atoms with Crippen LogP contribution < -0.4 is 5.32 Å². The fraction of sp³-hybridized carbons (Fsp3) is 0.0714. The Kier molecular flexibility index (Phi) is 5.53. The van der Waals surface area contributed by atoms with Crippen molar-refractivity contribution >= 4 is 39.4 Å². The zero-order chi connectivity index (χ0) is 16.7. The van der Waals surface area contributed by atoms with E-state index in [9.17, 15) is 19.7 Å². The number of amides is 1. The number of hydrogen-bond acceptors (Lipinski definition) is 7. The summed E-state index contributed by atoms with van der Waals surface area (Å²) in [6.07, 6.45) is 3.80. The van der Waals surface area contributed by atoms with E-state index in [1.165, 1.54) is 6.08 Å². The van der Waals surface area contributed by atoms with Gasteiger partial charge in [-0.1, -0.05) is 30.3 Å². The first-order valence-electron chi connectivity index (χ1n) is 6.34. The van der Waals surface area contributed by atoms with Gasteiger partial charge in [-0.2, -0.15) is 0 Å². The number of esters is 1. The second-order valence-corrected chi connectivity index (χ2v) is 5.17. The molecule has 0 bridgehead atoms. The van der Waals surface area contributed by atoms with E-state index in [2.05, 4.69) is 10.3 Å². The molecule has 1 amide bonds.